The zero-order chi connectivity index (χ0) is 17.7. The fourth-order valence-corrected chi connectivity index (χ4v) is 3.06. The van der Waals surface area contributed by atoms with Crippen molar-refractivity contribution in [3.8, 4) is 0 Å². The normalized spacial score (nSPS) is 11.2. The summed E-state index contributed by atoms with van der Waals surface area (Å²) in [5.41, 5.74) is 0.221. The van der Waals surface area contributed by atoms with Gasteiger partial charge in [0, 0.05) is 36.1 Å². The second kappa shape index (κ2) is 7.61. The van der Waals surface area contributed by atoms with E-state index in [0.717, 1.165) is 0 Å². The number of H-pyrrole nitrogens is 1. The number of nitrogens with one attached hydrogen (secondary N) is 3. The molecule has 3 N–H and O–H groups in total. The van der Waals surface area contributed by atoms with Crippen molar-refractivity contribution in [2.45, 2.75) is 11.8 Å². The predicted molar refractivity (Wildman–Crippen MR) is 90.8 cm³/mol. The third-order valence-corrected chi connectivity index (χ3v) is 4.86. The lowest BCUT2D eigenvalue weighted by atomic mass is 10.2. The number of amides is 1. The molecule has 128 valence electrons. The van der Waals surface area contributed by atoms with Crippen LogP contribution in [-0.4, -0.2) is 32.4 Å². The zero-order valence-electron chi connectivity index (χ0n) is 12.8. The molecule has 0 aliphatic carbocycles. The van der Waals surface area contributed by atoms with Crippen molar-refractivity contribution in [3.05, 3.63) is 63.0 Å². The Bertz CT molecular complexity index is 892. The Morgan fingerprint density at radius 1 is 1.21 bits per heavy atom. The molecule has 1 amide bonds. The number of aryl methyl sites for hydroxylation is 1. The van der Waals surface area contributed by atoms with Gasteiger partial charge in [0.15, 0.2) is 5.43 Å². The molecule has 24 heavy (non-hydrogen) atoms. The third kappa shape index (κ3) is 4.67. The first-order valence-corrected chi connectivity index (χ1v) is 8.88. The Labute approximate surface area is 144 Å². The van der Waals surface area contributed by atoms with Gasteiger partial charge in [-0.15, -0.1) is 0 Å². The Balaban J connectivity index is 1.89. The van der Waals surface area contributed by atoms with E-state index < -0.39 is 21.4 Å². The molecule has 0 radical (unpaired) electrons. The average molecular weight is 370 g/mol. The van der Waals surface area contributed by atoms with Crippen molar-refractivity contribution < 1.29 is 13.2 Å². The first-order chi connectivity index (χ1) is 11.3. The van der Waals surface area contributed by atoms with Crippen LogP contribution in [0.3, 0.4) is 0 Å². The minimum absolute atomic E-state index is 0.0134. The molecule has 0 saturated heterocycles. The van der Waals surface area contributed by atoms with E-state index in [1.165, 1.54) is 36.5 Å². The average Bonchev–Trinajstić information content (AvgIpc) is 2.52. The highest BCUT2D eigenvalue weighted by Gasteiger charge is 2.14. The molecular weight excluding hydrogens is 354 g/mol. The first kappa shape index (κ1) is 18.2. The van der Waals surface area contributed by atoms with Gasteiger partial charge in [0.2, 0.25) is 10.0 Å². The number of sulfonamides is 1. The fourth-order valence-electron chi connectivity index (χ4n) is 1.90. The molecular formula is C15H16ClN3O4S. The van der Waals surface area contributed by atoms with Crippen LogP contribution in [0.15, 0.2) is 46.2 Å². The predicted octanol–water partition coefficient (Wildman–Crippen LogP) is 1.05. The molecule has 1 aromatic carbocycles. The van der Waals surface area contributed by atoms with Gasteiger partial charge in [0.25, 0.3) is 5.91 Å². The number of rotatable bonds is 6. The lowest BCUT2D eigenvalue weighted by molar-refractivity contribution is 0.0953. The van der Waals surface area contributed by atoms with Crippen LogP contribution < -0.4 is 15.5 Å². The molecule has 0 spiro atoms. The van der Waals surface area contributed by atoms with E-state index in [9.17, 15) is 18.0 Å². The number of pyridine rings is 1. The maximum atomic E-state index is 12.0. The topological polar surface area (TPSA) is 108 Å². The summed E-state index contributed by atoms with van der Waals surface area (Å²) in [5, 5.41) is 2.92. The summed E-state index contributed by atoms with van der Waals surface area (Å²) in [6.45, 7) is 1.73. The fraction of sp³-hybridized carbons (Fsp3) is 0.200. The van der Waals surface area contributed by atoms with Crippen molar-refractivity contribution in [1.82, 2.24) is 15.0 Å². The molecule has 0 aliphatic heterocycles. The Kier molecular flexibility index (Phi) is 5.76. The van der Waals surface area contributed by atoms with E-state index in [2.05, 4.69) is 15.0 Å². The number of carbonyl (C=O) groups excluding carboxylic acids is 1. The van der Waals surface area contributed by atoms with Crippen LogP contribution >= 0.6 is 11.6 Å². The maximum Gasteiger partial charge on any atom is 0.256 e. The summed E-state index contributed by atoms with van der Waals surface area (Å²) in [5.74, 6) is -0.568. The van der Waals surface area contributed by atoms with Crippen molar-refractivity contribution in [2.24, 2.45) is 0 Å². The number of hydrogen-bond acceptors (Lipinski definition) is 4. The van der Waals surface area contributed by atoms with Crippen LogP contribution in [0.4, 0.5) is 0 Å². The Morgan fingerprint density at radius 3 is 2.50 bits per heavy atom. The van der Waals surface area contributed by atoms with E-state index in [0.29, 0.717) is 10.7 Å². The number of aromatic nitrogens is 1. The minimum atomic E-state index is -3.68. The van der Waals surface area contributed by atoms with Crippen LogP contribution in [0.2, 0.25) is 5.02 Å². The quantitative estimate of drug-likeness (QED) is 0.661. The summed E-state index contributed by atoms with van der Waals surface area (Å²) in [6.07, 6.45) is 1.32. The van der Waals surface area contributed by atoms with Gasteiger partial charge in [-0.1, -0.05) is 11.6 Å². The molecule has 1 heterocycles. The highest BCUT2D eigenvalue weighted by Crippen LogP contribution is 2.13. The molecule has 2 aromatic rings. The first-order valence-electron chi connectivity index (χ1n) is 7.02. The highest BCUT2D eigenvalue weighted by atomic mass is 35.5. The molecule has 7 nitrogen and oxygen atoms in total. The molecule has 0 saturated carbocycles. The van der Waals surface area contributed by atoms with Gasteiger partial charge in [-0.05, 0) is 31.2 Å². The van der Waals surface area contributed by atoms with E-state index in [4.69, 9.17) is 11.6 Å². The van der Waals surface area contributed by atoms with Crippen LogP contribution in [0.25, 0.3) is 0 Å². The maximum absolute atomic E-state index is 12.0. The summed E-state index contributed by atoms with van der Waals surface area (Å²) in [7, 11) is -3.68. The van der Waals surface area contributed by atoms with Gasteiger partial charge in [-0.2, -0.15) is 0 Å². The lowest BCUT2D eigenvalue weighted by Crippen LogP contribution is -2.36. The molecule has 9 heteroatoms. The van der Waals surface area contributed by atoms with Crippen LogP contribution in [0.1, 0.15) is 16.1 Å². The van der Waals surface area contributed by atoms with Crippen molar-refractivity contribution in [1.29, 1.82) is 0 Å². The molecule has 0 aliphatic rings. The van der Waals surface area contributed by atoms with Crippen LogP contribution in [0, 0.1) is 6.92 Å². The SMILES string of the molecule is Cc1cc(=O)c(C(=O)NCCNS(=O)(=O)c2ccc(Cl)cc2)c[nH]1. The van der Waals surface area contributed by atoms with Gasteiger partial charge >= 0.3 is 0 Å². The Hall–Kier alpha value is -2.16. The monoisotopic (exact) mass is 369 g/mol. The number of carbonyl (C=O) groups is 1. The highest BCUT2D eigenvalue weighted by molar-refractivity contribution is 7.89. The smallest absolute Gasteiger partial charge is 0.256 e. The van der Waals surface area contributed by atoms with Gasteiger partial charge in [0.1, 0.15) is 5.56 Å². The number of aromatic amines is 1. The van der Waals surface area contributed by atoms with Gasteiger partial charge in [-0.25, -0.2) is 13.1 Å². The van der Waals surface area contributed by atoms with Crippen molar-refractivity contribution >= 4 is 27.5 Å². The number of benzene rings is 1. The zero-order valence-corrected chi connectivity index (χ0v) is 14.4. The second-order valence-corrected chi connectivity index (χ2v) is 7.20. The van der Waals surface area contributed by atoms with E-state index in [1.54, 1.807) is 6.92 Å². The van der Waals surface area contributed by atoms with E-state index in [-0.39, 0.29) is 23.5 Å². The number of halogens is 1. The van der Waals surface area contributed by atoms with E-state index >= 15 is 0 Å². The molecule has 0 bridgehead atoms. The summed E-state index contributed by atoms with van der Waals surface area (Å²) >= 11 is 5.71. The molecule has 1 aromatic heterocycles. The molecule has 0 unspecified atom stereocenters. The standard InChI is InChI=1S/C15H16ClN3O4S/c1-10-8-14(20)13(9-18-10)15(21)17-6-7-19-24(22,23)12-4-2-11(16)3-5-12/h2-5,8-9,19H,6-7H2,1H3,(H,17,21)(H,18,20). The van der Waals surface area contributed by atoms with Gasteiger partial charge in [0.05, 0.1) is 4.90 Å². The molecule has 0 atom stereocenters. The third-order valence-electron chi connectivity index (χ3n) is 3.13. The van der Waals surface area contributed by atoms with Crippen molar-refractivity contribution in [2.75, 3.05) is 13.1 Å². The largest absolute Gasteiger partial charge is 0.364 e. The summed E-state index contributed by atoms with van der Waals surface area (Å²) < 4.78 is 26.4. The second-order valence-electron chi connectivity index (χ2n) is 5.00. The van der Waals surface area contributed by atoms with Crippen molar-refractivity contribution in [3.63, 3.8) is 0 Å². The van der Waals surface area contributed by atoms with Gasteiger partial charge in [-0.3, -0.25) is 9.59 Å². The molecule has 2 rings (SSSR count). The minimum Gasteiger partial charge on any atom is -0.364 e. The molecule has 0 fully saturated rings. The van der Waals surface area contributed by atoms with Gasteiger partial charge < -0.3 is 10.3 Å². The van der Waals surface area contributed by atoms with E-state index in [1.807, 2.05) is 0 Å². The van der Waals surface area contributed by atoms with Crippen LogP contribution in [0.5, 0.6) is 0 Å². The Morgan fingerprint density at radius 2 is 1.88 bits per heavy atom. The lowest BCUT2D eigenvalue weighted by Gasteiger charge is -2.08. The van der Waals surface area contributed by atoms with Crippen LogP contribution in [-0.2, 0) is 10.0 Å². The summed E-state index contributed by atoms with van der Waals surface area (Å²) in [4.78, 5) is 26.4. The summed E-state index contributed by atoms with van der Waals surface area (Å²) in [6, 6.07) is 7.03. The number of hydrogen-bond donors (Lipinski definition) is 3.